The monoisotopic (exact) mass is 273 g/mol. The van der Waals surface area contributed by atoms with Crippen LogP contribution in [0.15, 0.2) is 30.5 Å². The Morgan fingerprint density at radius 3 is 2.70 bits per heavy atom. The van der Waals surface area contributed by atoms with Gasteiger partial charge in [-0.2, -0.15) is 10.1 Å². The third-order valence-corrected chi connectivity index (χ3v) is 2.74. The van der Waals surface area contributed by atoms with Crippen LogP contribution in [0.1, 0.15) is 11.1 Å². The molecule has 2 aromatic rings. The summed E-state index contributed by atoms with van der Waals surface area (Å²) in [5.74, 6) is 1.19. The Bertz CT molecular complexity index is 529. The third kappa shape index (κ3) is 4.47. The van der Waals surface area contributed by atoms with Crippen molar-refractivity contribution in [3.8, 4) is 0 Å². The van der Waals surface area contributed by atoms with E-state index in [0.717, 1.165) is 0 Å². The number of aryl methyl sites for hydroxylation is 1. The summed E-state index contributed by atoms with van der Waals surface area (Å²) in [7, 11) is 1.65. The van der Waals surface area contributed by atoms with Crippen LogP contribution >= 0.6 is 0 Å². The van der Waals surface area contributed by atoms with Gasteiger partial charge in [0.2, 0.25) is 5.95 Å². The van der Waals surface area contributed by atoms with Gasteiger partial charge >= 0.3 is 0 Å². The van der Waals surface area contributed by atoms with Crippen molar-refractivity contribution >= 4 is 11.8 Å². The highest BCUT2D eigenvalue weighted by Gasteiger charge is 2.00. The Labute approximate surface area is 118 Å². The maximum Gasteiger partial charge on any atom is 0.244 e. The van der Waals surface area contributed by atoms with Gasteiger partial charge in [0.1, 0.15) is 0 Å². The van der Waals surface area contributed by atoms with Crippen LogP contribution in [0.3, 0.4) is 0 Å². The standard InChI is InChI=1S/C14H19N5O/c1-11-3-5-12(6-4-11)9-16-13-10-17-19-14(18-13)15-7-8-20-2/h3-6,10H,7-9H2,1-2H3,(H2,15,16,18,19). The molecule has 0 unspecified atom stereocenters. The Kier molecular flexibility index (Phi) is 5.25. The highest BCUT2D eigenvalue weighted by Crippen LogP contribution is 2.08. The molecule has 0 aliphatic rings. The minimum Gasteiger partial charge on any atom is -0.383 e. The molecule has 1 heterocycles. The average Bonchev–Trinajstić information content (AvgIpc) is 2.47. The largest absolute Gasteiger partial charge is 0.383 e. The first-order valence-electron chi connectivity index (χ1n) is 6.50. The minimum absolute atomic E-state index is 0.496. The van der Waals surface area contributed by atoms with Crippen LogP contribution in [0.5, 0.6) is 0 Å². The molecule has 106 valence electrons. The summed E-state index contributed by atoms with van der Waals surface area (Å²) in [6, 6.07) is 8.36. The number of aromatic nitrogens is 3. The summed E-state index contributed by atoms with van der Waals surface area (Å²) in [6.45, 7) is 4.03. The average molecular weight is 273 g/mol. The van der Waals surface area contributed by atoms with E-state index in [1.807, 2.05) is 0 Å². The van der Waals surface area contributed by atoms with Crippen LogP contribution in [-0.4, -0.2) is 35.4 Å². The molecule has 6 nitrogen and oxygen atoms in total. The molecular formula is C14H19N5O. The number of benzene rings is 1. The minimum atomic E-state index is 0.496. The van der Waals surface area contributed by atoms with Gasteiger partial charge in [0.25, 0.3) is 0 Å². The number of nitrogens with zero attached hydrogens (tertiary/aromatic N) is 3. The maximum atomic E-state index is 4.95. The number of nitrogens with one attached hydrogen (secondary N) is 2. The molecule has 6 heteroatoms. The van der Waals surface area contributed by atoms with Gasteiger partial charge in [-0.05, 0) is 12.5 Å². The predicted molar refractivity (Wildman–Crippen MR) is 78.7 cm³/mol. The van der Waals surface area contributed by atoms with Gasteiger partial charge in [0.05, 0.1) is 12.8 Å². The van der Waals surface area contributed by atoms with Crippen molar-refractivity contribution in [2.45, 2.75) is 13.5 Å². The van der Waals surface area contributed by atoms with Crippen molar-refractivity contribution in [2.75, 3.05) is 30.9 Å². The summed E-state index contributed by atoms with van der Waals surface area (Å²) >= 11 is 0. The highest BCUT2D eigenvalue weighted by molar-refractivity contribution is 5.38. The summed E-state index contributed by atoms with van der Waals surface area (Å²) in [4.78, 5) is 4.33. The molecule has 0 amide bonds. The first-order chi connectivity index (χ1) is 9.78. The second-order valence-electron chi connectivity index (χ2n) is 4.42. The van der Waals surface area contributed by atoms with Gasteiger partial charge in [0, 0.05) is 20.2 Å². The lowest BCUT2D eigenvalue weighted by Gasteiger charge is -2.07. The highest BCUT2D eigenvalue weighted by atomic mass is 16.5. The molecule has 0 aliphatic heterocycles. The molecule has 0 saturated heterocycles. The molecule has 0 aliphatic carbocycles. The number of methoxy groups -OCH3 is 1. The molecule has 0 bridgehead atoms. The molecule has 1 aromatic carbocycles. The van der Waals surface area contributed by atoms with Crippen LogP contribution < -0.4 is 10.6 Å². The van der Waals surface area contributed by atoms with Crippen LogP contribution in [0.2, 0.25) is 0 Å². The quantitative estimate of drug-likeness (QED) is 0.750. The molecule has 0 radical (unpaired) electrons. The SMILES string of the molecule is COCCNc1nncc(NCc2ccc(C)cc2)n1. The molecule has 0 spiro atoms. The molecule has 0 atom stereocenters. The van der Waals surface area contributed by atoms with Gasteiger partial charge in [-0.25, -0.2) is 0 Å². The lowest BCUT2D eigenvalue weighted by molar-refractivity contribution is 0.210. The number of rotatable bonds is 7. The molecule has 1 aromatic heterocycles. The Morgan fingerprint density at radius 1 is 1.15 bits per heavy atom. The molecular weight excluding hydrogens is 254 g/mol. The van der Waals surface area contributed by atoms with Gasteiger partial charge in [0.15, 0.2) is 5.82 Å². The molecule has 0 saturated carbocycles. The van der Waals surface area contributed by atoms with Crippen LogP contribution in [-0.2, 0) is 11.3 Å². The lowest BCUT2D eigenvalue weighted by atomic mass is 10.1. The first kappa shape index (κ1) is 14.2. The van der Waals surface area contributed by atoms with Gasteiger partial charge in [-0.1, -0.05) is 29.8 Å². The molecule has 2 N–H and O–H groups in total. The summed E-state index contributed by atoms with van der Waals surface area (Å²) in [5, 5.41) is 14.1. The van der Waals surface area contributed by atoms with E-state index >= 15 is 0 Å². The van der Waals surface area contributed by atoms with Crippen molar-refractivity contribution in [3.63, 3.8) is 0 Å². The molecule has 20 heavy (non-hydrogen) atoms. The third-order valence-electron chi connectivity index (χ3n) is 2.74. The van der Waals surface area contributed by atoms with E-state index in [1.165, 1.54) is 11.1 Å². The zero-order chi connectivity index (χ0) is 14.2. The lowest BCUT2D eigenvalue weighted by Crippen LogP contribution is -2.12. The van der Waals surface area contributed by atoms with Crippen LogP contribution in [0.4, 0.5) is 11.8 Å². The Balaban J connectivity index is 1.89. The van der Waals surface area contributed by atoms with Gasteiger partial charge in [-0.3, -0.25) is 0 Å². The van der Waals surface area contributed by atoms with E-state index in [2.05, 4.69) is 57.0 Å². The topological polar surface area (TPSA) is 72.0 Å². The van der Waals surface area contributed by atoms with E-state index < -0.39 is 0 Å². The second-order valence-corrected chi connectivity index (χ2v) is 4.42. The van der Waals surface area contributed by atoms with Gasteiger partial charge in [-0.15, -0.1) is 5.10 Å². The zero-order valence-corrected chi connectivity index (χ0v) is 11.8. The zero-order valence-electron chi connectivity index (χ0n) is 11.8. The maximum absolute atomic E-state index is 4.95. The Morgan fingerprint density at radius 2 is 1.95 bits per heavy atom. The van der Waals surface area contributed by atoms with E-state index in [4.69, 9.17) is 4.74 Å². The predicted octanol–water partition coefficient (Wildman–Crippen LogP) is 1.85. The van der Waals surface area contributed by atoms with Crippen molar-refractivity contribution in [1.29, 1.82) is 0 Å². The molecule has 2 rings (SSSR count). The number of ether oxygens (including phenoxy) is 1. The Hall–Kier alpha value is -2.21. The fraction of sp³-hybridized carbons (Fsp3) is 0.357. The number of hydrogen-bond acceptors (Lipinski definition) is 6. The summed E-state index contributed by atoms with van der Waals surface area (Å²) in [6.07, 6.45) is 1.61. The normalized spacial score (nSPS) is 10.3. The first-order valence-corrected chi connectivity index (χ1v) is 6.50. The van der Waals surface area contributed by atoms with Crippen molar-refractivity contribution in [2.24, 2.45) is 0 Å². The number of anilines is 2. The van der Waals surface area contributed by atoms with Crippen molar-refractivity contribution < 1.29 is 4.74 Å². The smallest absolute Gasteiger partial charge is 0.244 e. The fourth-order valence-corrected chi connectivity index (χ4v) is 1.63. The molecule has 0 fully saturated rings. The van der Waals surface area contributed by atoms with Crippen LogP contribution in [0, 0.1) is 6.92 Å². The van der Waals surface area contributed by atoms with Crippen molar-refractivity contribution in [3.05, 3.63) is 41.6 Å². The summed E-state index contributed by atoms with van der Waals surface area (Å²) < 4.78 is 4.95. The van der Waals surface area contributed by atoms with E-state index in [9.17, 15) is 0 Å². The van der Waals surface area contributed by atoms with E-state index in [-0.39, 0.29) is 0 Å². The van der Waals surface area contributed by atoms with E-state index in [1.54, 1.807) is 13.3 Å². The fourth-order valence-electron chi connectivity index (χ4n) is 1.63. The van der Waals surface area contributed by atoms with Gasteiger partial charge < -0.3 is 15.4 Å². The van der Waals surface area contributed by atoms with Crippen molar-refractivity contribution in [1.82, 2.24) is 15.2 Å². The second kappa shape index (κ2) is 7.40. The summed E-state index contributed by atoms with van der Waals surface area (Å²) in [5.41, 5.74) is 2.45. The number of hydrogen-bond donors (Lipinski definition) is 2. The van der Waals surface area contributed by atoms with Crippen LogP contribution in [0.25, 0.3) is 0 Å². The van der Waals surface area contributed by atoms with E-state index in [0.29, 0.717) is 31.5 Å².